The Balaban J connectivity index is 1.45. The van der Waals surface area contributed by atoms with E-state index in [0.717, 1.165) is 40.8 Å². The van der Waals surface area contributed by atoms with Gasteiger partial charge in [0.2, 0.25) is 5.91 Å². The van der Waals surface area contributed by atoms with Gasteiger partial charge in [-0.1, -0.05) is 54.6 Å². The number of fused-ring (bicyclic) bond motifs is 1. The highest BCUT2D eigenvalue weighted by Gasteiger charge is 2.35. The van der Waals surface area contributed by atoms with Crippen LogP contribution in [0.2, 0.25) is 0 Å². The molecule has 0 spiro atoms. The Morgan fingerprint density at radius 1 is 1.00 bits per heavy atom. The maximum Gasteiger partial charge on any atom is 0.337 e. The summed E-state index contributed by atoms with van der Waals surface area (Å²) >= 11 is 0. The van der Waals surface area contributed by atoms with Crippen LogP contribution in [0.15, 0.2) is 66.7 Å². The number of amides is 1. The molecule has 1 fully saturated rings. The van der Waals surface area contributed by atoms with Gasteiger partial charge < -0.3 is 19.1 Å². The number of methoxy groups -OCH3 is 2. The Morgan fingerprint density at radius 2 is 1.72 bits per heavy atom. The fraction of sp³-hybridized carbons (Fsp3) is 0.273. The van der Waals surface area contributed by atoms with Crippen molar-refractivity contribution in [1.82, 2.24) is 0 Å². The zero-order chi connectivity index (χ0) is 27.6. The van der Waals surface area contributed by atoms with E-state index in [4.69, 9.17) is 14.2 Å². The molecule has 0 bridgehead atoms. The van der Waals surface area contributed by atoms with Crippen LogP contribution in [0.3, 0.4) is 0 Å². The van der Waals surface area contributed by atoms with Crippen molar-refractivity contribution in [2.75, 3.05) is 19.1 Å². The molecule has 0 radical (unpaired) electrons. The van der Waals surface area contributed by atoms with Crippen LogP contribution in [0.25, 0.3) is 18.2 Å². The number of hydrogen-bond donors (Lipinski definition) is 0. The molecule has 3 aromatic rings. The van der Waals surface area contributed by atoms with Crippen molar-refractivity contribution in [3.05, 3.63) is 94.6 Å². The van der Waals surface area contributed by atoms with Crippen LogP contribution >= 0.6 is 0 Å². The largest absolute Gasteiger partial charge is 0.492 e. The summed E-state index contributed by atoms with van der Waals surface area (Å²) in [5.41, 5.74) is 4.53. The van der Waals surface area contributed by atoms with Gasteiger partial charge in [0.15, 0.2) is 11.5 Å². The molecule has 0 unspecified atom stereocenters. The van der Waals surface area contributed by atoms with Gasteiger partial charge in [-0.2, -0.15) is 0 Å². The molecule has 3 aromatic carbocycles. The Labute approximate surface area is 229 Å². The molecule has 6 heteroatoms. The van der Waals surface area contributed by atoms with Crippen molar-refractivity contribution < 1.29 is 23.8 Å². The van der Waals surface area contributed by atoms with E-state index in [1.165, 1.54) is 7.11 Å². The van der Waals surface area contributed by atoms with Gasteiger partial charge in [0.1, 0.15) is 5.60 Å². The van der Waals surface area contributed by atoms with E-state index in [2.05, 4.69) is 6.08 Å². The van der Waals surface area contributed by atoms with Gasteiger partial charge in [-0.05, 0) is 68.2 Å². The third-order valence-electron chi connectivity index (χ3n) is 6.94. The molecule has 200 valence electrons. The number of benzene rings is 3. The van der Waals surface area contributed by atoms with E-state index in [-0.39, 0.29) is 17.8 Å². The topological polar surface area (TPSA) is 65.1 Å². The summed E-state index contributed by atoms with van der Waals surface area (Å²) in [5.74, 6) is 1.14. The predicted octanol–water partition coefficient (Wildman–Crippen LogP) is 6.78. The lowest BCUT2D eigenvalue weighted by Gasteiger charge is -2.31. The lowest BCUT2D eigenvalue weighted by atomic mass is 9.99. The number of anilines is 1. The van der Waals surface area contributed by atoms with Crippen molar-refractivity contribution in [1.29, 1.82) is 0 Å². The van der Waals surface area contributed by atoms with Gasteiger partial charge in [-0.25, -0.2) is 4.79 Å². The van der Waals surface area contributed by atoms with Crippen LogP contribution in [-0.4, -0.2) is 31.7 Å². The Bertz CT molecular complexity index is 1460. The minimum Gasteiger partial charge on any atom is -0.492 e. The van der Waals surface area contributed by atoms with Gasteiger partial charge in [0.05, 0.1) is 26.3 Å². The molecule has 1 aliphatic carbocycles. The molecule has 1 amide bonds. The van der Waals surface area contributed by atoms with Gasteiger partial charge >= 0.3 is 5.97 Å². The first kappa shape index (κ1) is 26.3. The number of rotatable bonds is 8. The normalized spacial score (nSPS) is 15.4. The van der Waals surface area contributed by atoms with Crippen LogP contribution in [0.4, 0.5) is 5.69 Å². The zero-order valence-corrected chi connectivity index (χ0v) is 22.8. The third-order valence-corrected chi connectivity index (χ3v) is 6.94. The first-order chi connectivity index (χ1) is 18.8. The van der Waals surface area contributed by atoms with Crippen molar-refractivity contribution in [2.24, 2.45) is 5.92 Å². The number of esters is 1. The van der Waals surface area contributed by atoms with Crippen molar-refractivity contribution in [3.63, 3.8) is 0 Å². The predicted molar refractivity (Wildman–Crippen MR) is 154 cm³/mol. The highest BCUT2D eigenvalue weighted by Crippen LogP contribution is 2.42. The van der Waals surface area contributed by atoms with E-state index in [1.54, 1.807) is 19.2 Å². The monoisotopic (exact) mass is 523 g/mol. The molecule has 2 aliphatic rings. The maximum atomic E-state index is 13.5. The number of carbonyl (C=O) groups excluding carboxylic acids is 2. The zero-order valence-electron chi connectivity index (χ0n) is 22.8. The summed E-state index contributed by atoms with van der Waals surface area (Å²) in [6.07, 6.45) is 9.82. The average molecular weight is 524 g/mol. The second-order valence-corrected chi connectivity index (χ2v) is 10.5. The van der Waals surface area contributed by atoms with Crippen molar-refractivity contribution in [2.45, 2.75) is 38.8 Å². The fourth-order valence-corrected chi connectivity index (χ4v) is 4.68. The summed E-state index contributed by atoms with van der Waals surface area (Å²) in [6, 6.07) is 19.2. The van der Waals surface area contributed by atoms with Gasteiger partial charge in [-0.3, -0.25) is 4.79 Å². The van der Waals surface area contributed by atoms with E-state index >= 15 is 0 Å². The fourth-order valence-electron chi connectivity index (χ4n) is 4.68. The van der Waals surface area contributed by atoms with Crippen LogP contribution < -0.4 is 14.4 Å². The van der Waals surface area contributed by atoms with E-state index in [0.29, 0.717) is 23.6 Å². The molecule has 0 atom stereocenters. The van der Waals surface area contributed by atoms with Crippen LogP contribution in [0, 0.1) is 5.92 Å². The Hall–Kier alpha value is -4.32. The molecule has 0 saturated heterocycles. The van der Waals surface area contributed by atoms with Crippen LogP contribution in [0.1, 0.15) is 59.3 Å². The molecule has 5 rings (SSSR count). The Morgan fingerprint density at radius 3 is 2.41 bits per heavy atom. The summed E-state index contributed by atoms with van der Waals surface area (Å²) in [4.78, 5) is 27.2. The standard InChI is InChI=1S/C33H33NO5/c1-33(2)18-17-24-13-16-27(29(37-3)30(24)39-33)21-34(31(35)25-14-15-25)28-10-6-8-23(20-28)12-11-22-7-5-9-26(19-22)32(36)38-4/h5-13,16-20,25H,14-15,21H2,1-4H3/b12-11+. The SMILES string of the molecule is COC(=O)c1cccc(/C=C/c2cccc(N(Cc3ccc4c(c3OC)OC(C)(C)C=C4)C(=O)C3CC3)c2)c1. The highest BCUT2D eigenvalue weighted by atomic mass is 16.5. The summed E-state index contributed by atoms with van der Waals surface area (Å²) < 4.78 is 16.9. The van der Waals surface area contributed by atoms with E-state index in [1.807, 2.05) is 85.5 Å². The smallest absolute Gasteiger partial charge is 0.337 e. The number of carbonyl (C=O) groups is 2. The molecular weight excluding hydrogens is 490 g/mol. The molecule has 1 saturated carbocycles. The molecule has 39 heavy (non-hydrogen) atoms. The molecule has 0 aromatic heterocycles. The first-order valence-electron chi connectivity index (χ1n) is 13.1. The summed E-state index contributed by atoms with van der Waals surface area (Å²) in [6.45, 7) is 4.38. The Kier molecular flexibility index (Phi) is 7.29. The molecule has 6 nitrogen and oxygen atoms in total. The molecular formula is C33H33NO5. The molecule has 1 heterocycles. The van der Waals surface area contributed by atoms with Gasteiger partial charge in [0, 0.05) is 22.7 Å². The van der Waals surface area contributed by atoms with Gasteiger partial charge in [-0.15, -0.1) is 0 Å². The van der Waals surface area contributed by atoms with E-state index in [9.17, 15) is 9.59 Å². The maximum absolute atomic E-state index is 13.5. The minimum absolute atomic E-state index is 0.0481. The van der Waals surface area contributed by atoms with Gasteiger partial charge in [0.25, 0.3) is 0 Å². The average Bonchev–Trinajstić information content (AvgIpc) is 3.79. The van der Waals surface area contributed by atoms with Crippen molar-refractivity contribution >= 4 is 35.8 Å². The molecule has 0 N–H and O–H groups in total. The highest BCUT2D eigenvalue weighted by molar-refractivity contribution is 5.97. The summed E-state index contributed by atoms with van der Waals surface area (Å²) in [5, 5.41) is 0. The van der Waals surface area contributed by atoms with Crippen LogP contribution in [-0.2, 0) is 16.1 Å². The lowest BCUT2D eigenvalue weighted by Crippen LogP contribution is -2.32. The number of ether oxygens (including phenoxy) is 3. The lowest BCUT2D eigenvalue weighted by molar-refractivity contribution is -0.119. The first-order valence-corrected chi connectivity index (χ1v) is 13.1. The van der Waals surface area contributed by atoms with E-state index < -0.39 is 5.60 Å². The number of nitrogens with zero attached hydrogens (tertiary/aromatic N) is 1. The van der Waals surface area contributed by atoms with Crippen LogP contribution in [0.5, 0.6) is 11.5 Å². The second kappa shape index (κ2) is 10.8. The quantitative estimate of drug-likeness (QED) is 0.241. The van der Waals surface area contributed by atoms with Crippen molar-refractivity contribution in [3.8, 4) is 11.5 Å². The minimum atomic E-state index is -0.445. The molecule has 1 aliphatic heterocycles. The third kappa shape index (κ3) is 5.90. The second-order valence-electron chi connectivity index (χ2n) is 10.5. The number of hydrogen-bond acceptors (Lipinski definition) is 5. The summed E-state index contributed by atoms with van der Waals surface area (Å²) in [7, 11) is 3.01.